The van der Waals surface area contributed by atoms with Crippen molar-refractivity contribution in [1.29, 1.82) is 0 Å². The Bertz CT molecular complexity index is 907. The predicted molar refractivity (Wildman–Crippen MR) is 103 cm³/mol. The lowest BCUT2D eigenvalue weighted by atomic mass is 10.2. The van der Waals surface area contributed by atoms with E-state index in [2.05, 4.69) is 26.3 Å². The summed E-state index contributed by atoms with van der Waals surface area (Å²) in [5.74, 6) is 0.838. The van der Waals surface area contributed by atoms with Gasteiger partial charge in [0.1, 0.15) is 6.61 Å². The Labute approximate surface area is 159 Å². The lowest BCUT2D eigenvalue weighted by Gasteiger charge is -2.12. The number of benzene rings is 2. The maximum Gasteiger partial charge on any atom is 0.255 e. The normalized spacial score (nSPS) is 10.4. The topological polar surface area (TPSA) is 65.4 Å². The minimum absolute atomic E-state index is 0.240. The predicted octanol–water partition coefficient (Wildman–Crippen LogP) is 4.02. The highest BCUT2D eigenvalue weighted by Crippen LogP contribution is 2.29. The Hall–Kier alpha value is -2.80. The lowest BCUT2D eigenvalue weighted by Crippen LogP contribution is -2.11. The van der Waals surface area contributed by atoms with E-state index >= 15 is 0 Å². The van der Waals surface area contributed by atoms with Gasteiger partial charge in [0.2, 0.25) is 0 Å². The summed E-state index contributed by atoms with van der Waals surface area (Å²) in [6, 6.07) is 13.0. The van der Waals surface area contributed by atoms with Crippen molar-refractivity contribution < 1.29 is 14.3 Å². The minimum atomic E-state index is -0.240. The van der Waals surface area contributed by atoms with Gasteiger partial charge in [0.25, 0.3) is 5.91 Å². The molecule has 3 aromatic rings. The first-order valence-corrected chi connectivity index (χ1v) is 8.70. The van der Waals surface area contributed by atoms with Crippen molar-refractivity contribution in [3.8, 4) is 11.5 Å². The summed E-state index contributed by atoms with van der Waals surface area (Å²) in [5.41, 5.74) is 2.14. The summed E-state index contributed by atoms with van der Waals surface area (Å²) in [7, 11) is 3.33. The maximum absolute atomic E-state index is 12.4. The van der Waals surface area contributed by atoms with Crippen molar-refractivity contribution in [3.05, 3.63) is 70.5 Å². The molecule has 0 saturated carbocycles. The number of nitrogens with one attached hydrogen (secondary N) is 1. The molecule has 1 heterocycles. The molecule has 0 saturated heterocycles. The van der Waals surface area contributed by atoms with Crippen LogP contribution in [-0.2, 0) is 13.7 Å². The van der Waals surface area contributed by atoms with Crippen LogP contribution in [0.5, 0.6) is 11.5 Å². The molecule has 0 aliphatic rings. The second kappa shape index (κ2) is 8.05. The van der Waals surface area contributed by atoms with Crippen LogP contribution in [0.25, 0.3) is 0 Å². The first-order valence-electron chi connectivity index (χ1n) is 7.90. The SMILES string of the molecule is COc1cc(C(=O)Nc2cnn(C)c2)ccc1OCc1ccc(Br)cc1. The van der Waals surface area contributed by atoms with Gasteiger partial charge in [0.15, 0.2) is 11.5 Å². The van der Waals surface area contributed by atoms with Crippen molar-refractivity contribution in [2.24, 2.45) is 7.05 Å². The smallest absolute Gasteiger partial charge is 0.255 e. The molecule has 3 rings (SSSR count). The van der Waals surface area contributed by atoms with Gasteiger partial charge in [0, 0.05) is 23.3 Å². The fourth-order valence-electron chi connectivity index (χ4n) is 2.36. The zero-order valence-electron chi connectivity index (χ0n) is 14.4. The Morgan fingerprint density at radius 3 is 2.62 bits per heavy atom. The van der Waals surface area contributed by atoms with E-state index in [0.717, 1.165) is 10.0 Å². The molecule has 0 fully saturated rings. The van der Waals surface area contributed by atoms with Gasteiger partial charge in [-0.25, -0.2) is 0 Å². The van der Waals surface area contributed by atoms with E-state index in [0.29, 0.717) is 29.4 Å². The Morgan fingerprint density at radius 1 is 1.19 bits per heavy atom. The zero-order chi connectivity index (χ0) is 18.5. The zero-order valence-corrected chi connectivity index (χ0v) is 16.0. The summed E-state index contributed by atoms with van der Waals surface area (Å²) < 4.78 is 13.8. The number of methoxy groups -OCH3 is 1. The van der Waals surface area contributed by atoms with Crippen molar-refractivity contribution in [2.75, 3.05) is 12.4 Å². The number of aryl methyl sites for hydroxylation is 1. The number of rotatable bonds is 6. The van der Waals surface area contributed by atoms with Crippen LogP contribution in [0.1, 0.15) is 15.9 Å². The van der Waals surface area contributed by atoms with Crippen LogP contribution in [0, 0.1) is 0 Å². The second-order valence-corrected chi connectivity index (χ2v) is 6.55. The summed E-state index contributed by atoms with van der Waals surface area (Å²) >= 11 is 3.41. The number of ether oxygens (including phenoxy) is 2. The second-order valence-electron chi connectivity index (χ2n) is 5.64. The number of nitrogens with zero attached hydrogens (tertiary/aromatic N) is 2. The van der Waals surface area contributed by atoms with Crippen LogP contribution in [0.15, 0.2) is 59.3 Å². The maximum atomic E-state index is 12.4. The summed E-state index contributed by atoms with van der Waals surface area (Å²) in [5, 5.41) is 6.81. The van der Waals surface area contributed by atoms with Gasteiger partial charge in [-0.05, 0) is 35.9 Å². The first-order chi connectivity index (χ1) is 12.5. The Balaban J connectivity index is 1.70. The highest BCUT2D eigenvalue weighted by Gasteiger charge is 2.12. The van der Waals surface area contributed by atoms with Gasteiger partial charge in [0.05, 0.1) is 19.0 Å². The molecule has 26 heavy (non-hydrogen) atoms. The molecular weight excluding hydrogens is 398 g/mol. The van der Waals surface area contributed by atoms with Crippen LogP contribution in [0.4, 0.5) is 5.69 Å². The van der Waals surface area contributed by atoms with Gasteiger partial charge in [-0.1, -0.05) is 28.1 Å². The fraction of sp³-hybridized carbons (Fsp3) is 0.158. The number of carbonyl (C=O) groups excluding carboxylic acids is 1. The van der Waals surface area contributed by atoms with Crippen LogP contribution < -0.4 is 14.8 Å². The molecule has 1 aromatic heterocycles. The molecule has 0 bridgehead atoms. The van der Waals surface area contributed by atoms with Gasteiger partial charge >= 0.3 is 0 Å². The number of carbonyl (C=O) groups is 1. The van der Waals surface area contributed by atoms with Crippen molar-refractivity contribution in [1.82, 2.24) is 9.78 Å². The van der Waals surface area contributed by atoms with Crippen LogP contribution in [0.3, 0.4) is 0 Å². The quantitative estimate of drug-likeness (QED) is 0.659. The third-order valence-corrected chi connectivity index (χ3v) is 4.22. The lowest BCUT2D eigenvalue weighted by molar-refractivity contribution is 0.102. The average Bonchev–Trinajstić information content (AvgIpc) is 3.05. The van der Waals surface area contributed by atoms with Crippen LogP contribution >= 0.6 is 15.9 Å². The highest BCUT2D eigenvalue weighted by molar-refractivity contribution is 9.10. The molecule has 0 aliphatic heterocycles. The number of halogens is 1. The van der Waals surface area contributed by atoms with E-state index in [9.17, 15) is 4.79 Å². The number of hydrogen-bond acceptors (Lipinski definition) is 4. The van der Waals surface area contributed by atoms with Crippen molar-refractivity contribution in [3.63, 3.8) is 0 Å². The van der Waals surface area contributed by atoms with Gasteiger partial charge in [-0.3, -0.25) is 9.48 Å². The van der Waals surface area contributed by atoms with E-state index in [4.69, 9.17) is 9.47 Å². The highest BCUT2D eigenvalue weighted by atomic mass is 79.9. The van der Waals surface area contributed by atoms with E-state index < -0.39 is 0 Å². The van der Waals surface area contributed by atoms with Crippen LogP contribution in [0.2, 0.25) is 0 Å². The monoisotopic (exact) mass is 415 g/mol. The summed E-state index contributed by atoms with van der Waals surface area (Å²) in [6.45, 7) is 0.408. The Kier molecular flexibility index (Phi) is 5.58. The van der Waals surface area contributed by atoms with Gasteiger partial charge < -0.3 is 14.8 Å². The van der Waals surface area contributed by atoms with Crippen molar-refractivity contribution >= 4 is 27.5 Å². The molecule has 0 atom stereocenters. The molecule has 1 amide bonds. The molecular formula is C19H18BrN3O3. The molecule has 0 spiro atoms. The third kappa shape index (κ3) is 4.43. The van der Waals surface area contributed by atoms with Gasteiger partial charge in [-0.15, -0.1) is 0 Å². The van der Waals surface area contributed by atoms with Crippen LogP contribution in [-0.4, -0.2) is 22.8 Å². The molecule has 0 aliphatic carbocycles. The van der Waals surface area contributed by atoms with E-state index in [-0.39, 0.29) is 5.91 Å². The largest absolute Gasteiger partial charge is 0.493 e. The number of hydrogen-bond donors (Lipinski definition) is 1. The average molecular weight is 416 g/mol. The summed E-state index contributed by atoms with van der Waals surface area (Å²) in [6.07, 6.45) is 3.32. The molecule has 134 valence electrons. The van der Waals surface area contributed by atoms with E-state index in [1.54, 1.807) is 49.4 Å². The van der Waals surface area contributed by atoms with E-state index in [1.165, 1.54) is 0 Å². The molecule has 0 radical (unpaired) electrons. The molecule has 1 N–H and O–H groups in total. The molecule has 7 heteroatoms. The summed E-state index contributed by atoms with van der Waals surface area (Å²) in [4.78, 5) is 12.4. The standard InChI is InChI=1S/C19H18BrN3O3/c1-23-11-16(10-21-23)22-19(24)14-5-8-17(18(9-14)25-2)26-12-13-3-6-15(20)7-4-13/h3-11H,12H2,1-2H3,(H,22,24). The third-order valence-electron chi connectivity index (χ3n) is 3.70. The fourth-order valence-corrected chi connectivity index (χ4v) is 2.62. The van der Waals surface area contributed by atoms with Crippen molar-refractivity contribution in [2.45, 2.75) is 6.61 Å². The number of amides is 1. The van der Waals surface area contributed by atoms with Gasteiger partial charge in [-0.2, -0.15) is 5.10 Å². The molecule has 2 aromatic carbocycles. The molecule has 0 unspecified atom stereocenters. The Morgan fingerprint density at radius 2 is 1.96 bits per heavy atom. The number of aromatic nitrogens is 2. The number of anilines is 1. The molecule has 6 nitrogen and oxygen atoms in total. The first kappa shape index (κ1) is 18.0. The minimum Gasteiger partial charge on any atom is -0.493 e. The van der Waals surface area contributed by atoms with E-state index in [1.807, 2.05) is 24.3 Å².